The maximum Gasteiger partial charge on any atom is 0.356 e. The number of rotatable bonds is 1. The summed E-state index contributed by atoms with van der Waals surface area (Å²) >= 11 is 0. The van der Waals surface area contributed by atoms with E-state index < -0.39 is 13.4 Å². The molecule has 2 heterocycles. The Morgan fingerprint density at radius 3 is 2.31 bits per heavy atom. The van der Waals surface area contributed by atoms with Gasteiger partial charge in [-0.05, 0) is 6.92 Å². The van der Waals surface area contributed by atoms with Gasteiger partial charge in [-0.25, -0.2) is 4.98 Å². The van der Waals surface area contributed by atoms with E-state index in [9.17, 15) is 4.57 Å². The fourth-order valence-corrected chi connectivity index (χ4v) is 1.64. The molecule has 0 aromatic carbocycles. The zero-order valence-corrected chi connectivity index (χ0v) is 7.89. The highest BCUT2D eigenvalue weighted by Crippen LogP contribution is 2.52. The van der Waals surface area contributed by atoms with Gasteiger partial charge >= 0.3 is 7.60 Å². The molecule has 7 heteroatoms. The SMILES string of the molecule is C[C@@H]1O[C@@H]1P(=O)(O)O.c1c[nH]cn1. The van der Waals surface area contributed by atoms with Gasteiger partial charge in [0.1, 0.15) is 0 Å². The quantitative estimate of drug-likeness (QED) is 0.454. The van der Waals surface area contributed by atoms with Gasteiger partial charge < -0.3 is 19.5 Å². The van der Waals surface area contributed by atoms with Crippen LogP contribution in [0.3, 0.4) is 0 Å². The standard InChI is InChI=1S/C3H4N2.C3H7O4P/c1-2-5-3-4-1;1-2-3(7-2)8(4,5)6/h1-3H,(H,4,5);2-3H,1H3,(H2,4,5,6)/t;2-,3+/m.0/s1. The summed E-state index contributed by atoms with van der Waals surface area (Å²) in [4.78, 5) is 23.0. The summed E-state index contributed by atoms with van der Waals surface area (Å²) in [6.45, 7) is 1.63. The van der Waals surface area contributed by atoms with Crippen LogP contribution in [-0.4, -0.2) is 31.7 Å². The lowest BCUT2D eigenvalue weighted by atomic mass is 10.6. The molecule has 3 N–H and O–H groups in total. The van der Waals surface area contributed by atoms with Gasteiger partial charge in [0.25, 0.3) is 0 Å². The summed E-state index contributed by atoms with van der Waals surface area (Å²) in [5, 5.41) is 0. The fraction of sp³-hybridized carbons (Fsp3) is 0.500. The molecule has 1 aromatic heterocycles. The molecule has 0 radical (unpaired) electrons. The molecule has 6 nitrogen and oxygen atoms in total. The lowest BCUT2D eigenvalue weighted by Crippen LogP contribution is -1.89. The molecule has 1 aliphatic heterocycles. The molecule has 0 spiro atoms. The Labute approximate surface area is 75.1 Å². The fourth-order valence-electron chi connectivity index (χ4n) is 0.742. The topological polar surface area (TPSA) is 98.7 Å². The average molecular weight is 206 g/mol. The number of nitrogens with one attached hydrogen (secondary N) is 1. The molecule has 1 aromatic rings. The molecule has 0 unspecified atom stereocenters. The van der Waals surface area contributed by atoms with Crippen molar-refractivity contribution in [2.45, 2.75) is 18.9 Å². The van der Waals surface area contributed by atoms with E-state index in [0.29, 0.717) is 0 Å². The van der Waals surface area contributed by atoms with Gasteiger partial charge in [0.05, 0.1) is 12.4 Å². The van der Waals surface area contributed by atoms with E-state index in [1.165, 1.54) is 0 Å². The maximum atomic E-state index is 10.2. The molecule has 2 rings (SSSR count). The van der Waals surface area contributed by atoms with Gasteiger partial charge in [0.15, 0.2) is 5.85 Å². The Kier molecular flexibility index (Phi) is 3.22. The summed E-state index contributed by atoms with van der Waals surface area (Å²) in [5.74, 6) is -0.817. The van der Waals surface area contributed by atoms with Crippen LogP contribution in [0.2, 0.25) is 0 Å². The number of epoxide rings is 1. The van der Waals surface area contributed by atoms with Crippen molar-refractivity contribution in [3.8, 4) is 0 Å². The van der Waals surface area contributed by atoms with Crippen LogP contribution in [-0.2, 0) is 9.30 Å². The minimum absolute atomic E-state index is 0.254. The van der Waals surface area contributed by atoms with E-state index in [4.69, 9.17) is 9.79 Å². The number of aromatic amines is 1. The molecule has 0 amide bonds. The molecule has 1 fully saturated rings. The summed E-state index contributed by atoms with van der Waals surface area (Å²) < 4.78 is 14.7. The second-order valence-electron chi connectivity index (χ2n) is 2.58. The van der Waals surface area contributed by atoms with Crippen LogP contribution in [0.1, 0.15) is 6.92 Å². The first kappa shape index (κ1) is 10.4. The zero-order valence-electron chi connectivity index (χ0n) is 6.99. The van der Waals surface area contributed by atoms with E-state index in [1.54, 1.807) is 25.6 Å². The monoisotopic (exact) mass is 206 g/mol. The first-order valence-electron chi connectivity index (χ1n) is 3.65. The summed E-state index contributed by atoms with van der Waals surface area (Å²) in [6, 6.07) is 0. The number of nitrogens with zero attached hydrogens (tertiary/aromatic N) is 1. The minimum Gasteiger partial charge on any atom is -0.356 e. The highest BCUT2D eigenvalue weighted by Gasteiger charge is 2.48. The first-order chi connectivity index (χ1) is 6.02. The van der Waals surface area contributed by atoms with Crippen LogP contribution in [0.25, 0.3) is 0 Å². The Morgan fingerprint density at radius 1 is 1.62 bits per heavy atom. The first-order valence-corrected chi connectivity index (χ1v) is 5.33. The van der Waals surface area contributed by atoms with Gasteiger partial charge in [-0.2, -0.15) is 0 Å². The molecule has 13 heavy (non-hydrogen) atoms. The smallest absolute Gasteiger partial charge is 0.356 e. The second kappa shape index (κ2) is 4.02. The summed E-state index contributed by atoms with van der Waals surface area (Å²) in [5.41, 5.74) is 0. The number of imidazole rings is 1. The third-order valence-electron chi connectivity index (χ3n) is 1.42. The van der Waals surface area contributed by atoms with Crippen molar-refractivity contribution in [2.24, 2.45) is 0 Å². The minimum atomic E-state index is -3.90. The number of aromatic nitrogens is 2. The molecular weight excluding hydrogens is 195 g/mol. The Morgan fingerprint density at radius 2 is 2.23 bits per heavy atom. The third kappa shape index (κ3) is 3.69. The van der Waals surface area contributed by atoms with Crippen molar-refractivity contribution in [3.63, 3.8) is 0 Å². The van der Waals surface area contributed by atoms with Crippen LogP contribution >= 0.6 is 7.60 Å². The van der Waals surface area contributed by atoms with Crippen LogP contribution in [0, 0.1) is 0 Å². The van der Waals surface area contributed by atoms with Gasteiger partial charge in [0.2, 0.25) is 0 Å². The molecule has 0 bridgehead atoms. The van der Waals surface area contributed by atoms with E-state index in [0.717, 1.165) is 0 Å². The Bertz CT molecular complexity index is 266. The number of H-pyrrole nitrogens is 1. The van der Waals surface area contributed by atoms with Crippen molar-refractivity contribution >= 4 is 7.60 Å². The van der Waals surface area contributed by atoms with Crippen LogP contribution in [0.15, 0.2) is 18.7 Å². The summed E-state index contributed by atoms with van der Waals surface area (Å²) in [7, 11) is -3.90. The molecule has 0 aliphatic carbocycles. The lowest BCUT2D eigenvalue weighted by molar-refractivity contribution is 0.333. The van der Waals surface area contributed by atoms with E-state index in [1.807, 2.05) is 0 Å². The highest BCUT2D eigenvalue weighted by molar-refractivity contribution is 7.52. The van der Waals surface area contributed by atoms with Gasteiger partial charge in [-0.3, -0.25) is 4.57 Å². The zero-order chi connectivity index (χ0) is 9.90. The van der Waals surface area contributed by atoms with Gasteiger partial charge in [0, 0.05) is 12.4 Å². The molecule has 2 atom stereocenters. The third-order valence-corrected chi connectivity index (χ3v) is 2.62. The molecule has 1 saturated heterocycles. The van der Waals surface area contributed by atoms with Crippen LogP contribution in [0.4, 0.5) is 0 Å². The normalized spacial score (nSPS) is 26.1. The van der Waals surface area contributed by atoms with Crippen LogP contribution < -0.4 is 0 Å². The van der Waals surface area contributed by atoms with Crippen molar-refractivity contribution in [1.82, 2.24) is 9.97 Å². The Hall–Kier alpha value is -0.680. The second-order valence-corrected chi connectivity index (χ2v) is 4.27. The maximum absolute atomic E-state index is 10.2. The predicted molar refractivity (Wildman–Crippen MR) is 45.0 cm³/mol. The average Bonchev–Trinajstić information content (AvgIpc) is 2.53. The number of hydrogen-bond donors (Lipinski definition) is 3. The number of ether oxygens (including phenoxy) is 1. The van der Waals surface area contributed by atoms with Crippen molar-refractivity contribution in [1.29, 1.82) is 0 Å². The van der Waals surface area contributed by atoms with Gasteiger partial charge in [-0.1, -0.05) is 0 Å². The van der Waals surface area contributed by atoms with Crippen molar-refractivity contribution in [3.05, 3.63) is 18.7 Å². The highest BCUT2D eigenvalue weighted by atomic mass is 31.2. The van der Waals surface area contributed by atoms with E-state index in [2.05, 4.69) is 14.7 Å². The van der Waals surface area contributed by atoms with Crippen LogP contribution in [0.5, 0.6) is 0 Å². The van der Waals surface area contributed by atoms with Crippen molar-refractivity contribution in [2.75, 3.05) is 0 Å². The largest absolute Gasteiger partial charge is 0.356 e. The molecule has 0 saturated carbocycles. The predicted octanol–water partition coefficient (Wildman–Crippen LogP) is 0.319. The van der Waals surface area contributed by atoms with Gasteiger partial charge in [-0.15, -0.1) is 0 Å². The molecular formula is C6H11N2O4P. The number of hydrogen-bond acceptors (Lipinski definition) is 3. The molecule has 74 valence electrons. The van der Waals surface area contributed by atoms with E-state index >= 15 is 0 Å². The summed E-state index contributed by atoms with van der Waals surface area (Å²) in [6.07, 6.45) is 4.83. The molecule has 1 aliphatic rings. The lowest BCUT2D eigenvalue weighted by Gasteiger charge is -1.93. The van der Waals surface area contributed by atoms with Crippen molar-refractivity contribution < 1.29 is 19.1 Å². The van der Waals surface area contributed by atoms with E-state index in [-0.39, 0.29) is 6.10 Å². The Balaban J connectivity index is 0.000000145.